The smallest absolute Gasteiger partial charge is 0.254 e. The Balaban J connectivity index is 1.56. The van der Waals surface area contributed by atoms with Crippen LogP contribution in [0.5, 0.6) is 5.75 Å². The Kier molecular flexibility index (Phi) is 5.78. The van der Waals surface area contributed by atoms with Gasteiger partial charge in [-0.1, -0.05) is 29.8 Å². The number of halogens is 1. The van der Waals surface area contributed by atoms with E-state index in [0.717, 1.165) is 5.56 Å². The van der Waals surface area contributed by atoms with Gasteiger partial charge in [0.2, 0.25) is 5.91 Å². The van der Waals surface area contributed by atoms with Gasteiger partial charge in [0, 0.05) is 36.8 Å². The van der Waals surface area contributed by atoms with Gasteiger partial charge in [0.15, 0.2) is 0 Å². The van der Waals surface area contributed by atoms with Crippen molar-refractivity contribution < 1.29 is 14.3 Å². The molecule has 0 N–H and O–H groups in total. The van der Waals surface area contributed by atoms with E-state index in [2.05, 4.69) is 0 Å². The van der Waals surface area contributed by atoms with Gasteiger partial charge >= 0.3 is 0 Å². The van der Waals surface area contributed by atoms with E-state index in [1.807, 2.05) is 24.3 Å². The zero-order valence-corrected chi connectivity index (χ0v) is 15.4. The van der Waals surface area contributed by atoms with Crippen LogP contribution in [0, 0.1) is 0 Å². The summed E-state index contributed by atoms with van der Waals surface area (Å²) in [6.07, 6.45) is 0.324. The predicted octanol–water partition coefficient (Wildman–Crippen LogP) is 2.88. The van der Waals surface area contributed by atoms with Crippen LogP contribution in [-0.2, 0) is 11.2 Å². The highest BCUT2D eigenvalue weighted by Gasteiger charge is 2.25. The summed E-state index contributed by atoms with van der Waals surface area (Å²) in [4.78, 5) is 28.7. The van der Waals surface area contributed by atoms with E-state index in [-0.39, 0.29) is 11.8 Å². The van der Waals surface area contributed by atoms with Gasteiger partial charge in [-0.2, -0.15) is 0 Å². The van der Waals surface area contributed by atoms with Crippen LogP contribution in [0.15, 0.2) is 48.5 Å². The van der Waals surface area contributed by atoms with Crippen molar-refractivity contribution in [2.24, 2.45) is 0 Å². The molecule has 0 bridgehead atoms. The molecule has 0 spiro atoms. The lowest BCUT2D eigenvalue weighted by atomic mass is 10.1. The largest absolute Gasteiger partial charge is 0.497 e. The van der Waals surface area contributed by atoms with E-state index in [0.29, 0.717) is 48.9 Å². The Morgan fingerprint density at radius 1 is 1.00 bits per heavy atom. The summed E-state index contributed by atoms with van der Waals surface area (Å²) in [6, 6.07) is 14.5. The second-order valence-corrected chi connectivity index (χ2v) is 6.65. The molecule has 0 unspecified atom stereocenters. The first kappa shape index (κ1) is 18.3. The zero-order chi connectivity index (χ0) is 18.5. The molecule has 6 heteroatoms. The van der Waals surface area contributed by atoms with Gasteiger partial charge in [0.1, 0.15) is 5.75 Å². The lowest BCUT2D eigenvalue weighted by molar-refractivity contribution is -0.131. The predicted molar refractivity (Wildman–Crippen MR) is 101 cm³/mol. The summed E-state index contributed by atoms with van der Waals surface area (Å²) >= 11 is 5.97. The van der Waals surface area contributed by atoms with E-state index in [1.54, 1.807) is 41.2 Å². The molecule has 1 saturated heterocycles. The highest BCUT2D eigenvalue weighted by atomic mass is 35.5. The van der Waals surface area contributed by atoms with Crippen molar-refractivity contribution in [3.63, 3.8) is 0 Å². The van der Waals surface area contributed by atoms with Crippen LogP contribution in [0.2, 0.25) is 5.02 Å². The van der Waals surface area contributed by atoms with Gasteiger partial charge < -0.3 is 14.5 Å². The summed E-state index contributed by atoms with van der Waals surface area (Å²) in [5.74, 6) is 0.678. The van der Waals surface area contributed by atoms with E-state index in [1.165, 1.54) is 0 Å². The number of ether oxygens (including phenoxy) is 1. The number of carbonyl (C=O) groups excluding carboxylic acids is 2. The van der Waals surface area contributed by atoms with Crippen molar-refractivity contribution in [3.8, 4) is 5.75 Å². The molecule has 1 aliphatic rings. The molecule has 1 heterocycles. The molecule has 136 valence electrons. The van der Waals surface area contributed by atoms with Crippen molar-refractivity contribution in [3.05, 3.63) is 64.7 Å². The van der Waals surface area contributed by atoms with Crippen molar-refractivity contribution in [1.82, 2.24) is 9.80 Å². The van der Waals surface area contributed by atoms with E-state index in [4.69, 9.17) is 16.3 Å². The number of nitrogens with zero attached hydrogens (tertiary/aromatic N) is 2. The zero-order valence-electron chi connectivity index (χ0n) is 14.7. The number of benzene rings is 2. The normalized spacial score (nSPS) is 14.2. The highest BCUT2D eigenvalue weighted by Crippen LogP contribution is 2.16. The minimum absolute atomic E-state index is 0.0363. The SMILES string of the molecule is COc1cccc(C(=O)N2CCN(C(=O)Cc3cccc(Cl)c3)CC2)c1. The Hall–Kier alpha value is -2.53. The quantitative estimate of drug-likeness (QED) is 0.829. The van der Waals surface area contributed by atoms with E-state index in [9.17, 15) is 9.59 Å². The highest BCUT2D eigenvalue weighted by molar-refractivity contribution is 6.30. The lowest BCUT2D eigenvalue weighted by Crippen LogP contribution is -2.51. The molecule has 1 fully saturated rings. The number of carbonyl (C=O) groups is 2. The standard InChI is InChI=1S/C20H21ClN2O3/c1-26-18-7-3-5-16(14-18)20(25)23-10-8-22(9-11-23)19(24)13-15-4-2-6-17(21)12-15/h2-7,12,14H,8-11,13H2,1H3. The first-order valence-corrected chi connectivity index (χ1v) is 8.90. The number of amides is 2. The third kappa shape index (κ3) is 4.35. The molecule has 0 radical (unpaired) electrons. The van der Waals surface area contributed by atoms with Gasteiger partial charge in [-0.25, -0.2) is 0 Å². The van der Waals surface area contributed by atoms with Crippen molar-refractivity contribution in [2.45, 2.75) is 6.42 Å². The van der Waals surface area contributed by atoms with Crippen molar-refractivity contribution in [1.29, 1.82) is 0 Å². The van der Waals surface area contributed by atoms with Crippen molar-refractivity contribution >= 4 is 23.4 Å². The van der Waals surface area contributed by atoms with Crippen LogP contribution in [0.3, 0.4) is 0 Å². The topological polar surface area (TPSA) is 49.9 Å². The summed E-state index contributed by atoms with van der Waals surface area (Å²) < 4.78 is 5.17. The van der Waals surface area contributed by atoms with Gasteiger partial charge in [0.25, 0.3) is 5.91 Å². The Morgan fingerprint density at radius 3 is 2.38 bits per heavy atom. The molecule has 2 aromatic rings. The van der Waals surface area contributed by atoms with Crippen molar-refractivity contribution in [2.75, 3.05) is 33.3 Å². The van der Waals surface area contributed by atoms with E-state index >= 15 is 0 Å². The van der Waals surface area contributed by atoms with Gasteiger partial charge in [-0.3, -0.25) is 9.59 Å². The molecule has 5 nitrogen and oxygen atoms in total. The summed E-state index contributed by atoms with van der Waals surface area (Å²) in [7, 11) is 1.58. The molecule has 0 aromatic heterocycles. The minimum atomic E-state index is -0.0363. The third-order valence-corrected chi connectivity index (χ3v) is 4.72. The Labute approximate surface area is 158 Å². The fraction of sp³-hybridized carbons (Fsp3) is 0.300. The van der Waals surface area contributed by atoms with Gasteiger partial charge in [-0.15, -0.1) is 0 Å². The van der Waals surface area contributed by atoms with Crippen LogP contribution in [0.25, 0.3) is 0 Å². The molecular formula is C20H21ClN2O3. The van der Waals surface area contributed by atoms with Crippen LogP contribution in [0.4, 0.5) is 0 Å². The molecular weight excluding hydrogens is 352 g/mol. The second kappa shape index (κ2) is 8.23. The number of methoxy groups -OCH3 is 1. The molecule has 0 atom stereocenters. The van der Waals surface area contributed by atoms with Crippen LogP contribution >= 0.6 is 11.6 Å². The van der Waals surface area contributed by atoms with Crippen LogP contribution in [0.1, 0.15) is 15.9 Å². The first-order valence-electron chi connectivity index (χ1n) is 8.52. The number of hydrogen-bond donors (Lipinski definition) is 0. The maximum absolute atomic E-state index is 12.6. The average molecular weight is 373 g/mol. The lowest BCUT2D eigenvalue weighted by Gasteiger charge is -2.35. The monoisotopic (exact) mass is 372 g/mol. The molecule has 2 aromatic carbocycles. The Bertz CT molecular complexity index is 801. The second-order valence-electron chi connectivity index (χ2n) is 6.21. The van der Waals surface area contributed by atoms with Gasteiger partial charge in [-0.05, 0) is 35.9 Å². The number of piperazine rings is 1. The molecule has 0 saturated carbocycles. The summed E-state index contributed by atoms with van der Waals surface area (Å²) in [6.45, 7) is 2.12. The van der Waals surface area contributed by atoms with Crippen LogP contribution < -0.4 is 4.74 Å². The average Bonchev–Trinajstić information content (AvgIpc) is 2.67. The first-order chi connectivity index (χ1) is 12.6. The maximum atomic E-state index is 12.6. The molecule has 2 amide bonds. The number of rotatable bonds is 4. The minimum Gasteiger partial charge on any atom is -0.497 e. The molecule has 26 heavy (non-hydrogen) atoms. The molecule has 0 aliphatic carbocycles. The summed E-state index contributed by atoms with van der Waals surface area (Å²) in [5.41, 5.74) is 1.50. The molecule has 1 aliphatic heterocycles. The van der Waals surface area contributed by atoms with Crippen LogP contribution in [-0.4, -0.2) is 54.9 Å². The molecule has 3 rings (SSSR count). The Morgan fingerprint density at radius 2 is 1.69 bits per heavy atom. The maximum Gasteiger partial charge on any atom is 0.254 e. The fourth-order valence-corrected chi connectivity index (χ4v) is 3.24. The number of hydrogen-bond acceptors (Lipinski definition) is 3. The van der Waals surface area contributed by atoms with E-state index < -0.39 is 0 Å². The summed E-state index contributed by atoms with van der Waals surface area (Å²) in [5, 5.41) is 0.629. The van der Waals surface area contributed by atoms with Gasteiger partial charge in [0.05, 0.1) is 13.5 Å². The fourth-order valence-electron chi connectivity index (χ4n) is 3.03. The third-order valence-electron chi connectivity index (χ3n) is 4.48.